The number of anilines is 1. The normalized spacial score (nSPS) is 12.3. The van der Waals surface area contributed by atoms with E-state index in [9.17, 15) is 20.7 Å². The second kappa shape index (κ2) is 5.11. The van der Waals surface area contributed by atoms with Crippen molar-refractivity contribution in [3.8, 4) is 0 Å². The Morgan fingerprint density at radius 1 is 1.25 bits per heavy atom. The number of sulfonamides is 1. The van der Waals surface area contributed by atoms with Crippen molar-refractivity contribution in [1.82, 2.24) is 4.98 Å². The van der Waals surface area contributed by atoms with E-state index in [4.69, 9.17) is 0 Å². The number of nitrogens with one attached hydrogen (secondary N) is 1. The fourth-order valence-corrected chi connectivity index (χ4v) is 4.05. The Balaban J connectivity index is 2.35. The molecule has 0 spiro atoms. The van der Waals surface area contributed by atoms with Crippen molar-refractivity contribution in [3.05, 3.63) is 35.5 Å². The van der Waals surface area contributed by atoms with Crippen LogP contribution < -0.4 is 4.72 Å². The predicted octanol–water partition coefficient (Wildman–Crippen LogP) is 1.91. The molecule has 0 aliphatic rings. The van der Waals surface area contributed by atoms with Crippen molar-refractivity contribution in [2.75, 3.05) is 4.72 Å². The van der Waals surface area contributed by atoms with Crippen LogP contribution >= 0.6 is 11.3 Å². The van der Waals surface area contributed by atoms with E-state index in [1.54, 1.807) is 6.92 Å². The highest BCUT2D eigenvalue weighted by atomic mass is 32.3. The number of aromatic nitrogens is 1. The van der Waals surface area contributed by atoms with Gasteiger partial charge < -0.3 is 0 Å². The first-order valence-corrected chi connectivity index (χ1v) is 8.87. The first kappa shape index (κ1) is 14.9. The summed E-state index contributed by atoms with van der Waals surface area (Å²) in [6.45, 7) is 1.65. The minimum Gasteiger partial charge on any atom is -0.279 e. The second-order valence-electron chi connectivity index (χ2n) is 3.77. The third kappa shape index (κ3) is 3.32. The zero-order valence-corrected chi connectivity index (χ0v) is 12.5. The molecule has 0 atom stereocenters. The summed E-state index contributed by atoms with van der Waals surface area (Å²) < 4.78 is 60.5. The van der Waals surface area contributed by atoms with Crippen LogP contribution in [-0.4, -0.2) is 21.8 Å². The van der Waals surface area contributed by atoms with Crippen LogP contribution in [0.5, 0.6) is 0 Å². The number of aryl methyl sites for hydroxylation is 1. The van der Waals surface area contributed by atoms with Crippen LogP contribution in [0.15, 0.2) is 39.6 Å². The van der Waals surface area contributed by atoms with E-state index in [0.29, 0.717) is 5.01 Å². The number of rotatable bonds is 4. The van der Waals surface area contributed by atoms with E-state index in [0.717, 1.165) is 23.5 Å². The van der Waals surface area contributed by atoms with Crippen molar-refractivity contribution in [2.45, 2.75) is 16.0 Å². The summed E-state index contributed by atoms with van der Waals surface area (Å²) in [6.07, 6.45) is 1.19. The lowest BCUT2D eigenvalue weighted by molar-refractivity contribution is 0.552. The third-order valence-electron chi connectivity index (χ3n) is 2.23. The van der Waals surface area contributed by atoms with Gasteiger partial charge in [-0.1, -0.05) is 6.07 Å². The Labute approximate surface area is 119 Å². The Hall–Kier alpha value is -1.52. The standard InChI is InChI=1S/C10H9FN2O4S3/c1-7-12-6-10(18-7)20(16,17)13-8-3-2-4-9(5-8)19(11,14)15/h2-6,13H,1H3. The van der Waals surface area contributed by atoms with Crippen molar-refractivity contribution < 1.29 is 20.7 Å². The molecule has 0 aliphatic carbocycles. The molecule has 0 saturated heterocycles. The first-order chi connectivity index (χ1) is 9.18. The molecule has 0 saturated carbocycles. The minimum atomic E-state index is -4.89. The summed E-state index contributed by atoms with van der Waals surface area (Å²) in [7, 11) is -8.75. The molecule has 1 aromatic carbocycles. The van der Waals surface area contributed by atoms with E-state index < -0.39 is 25.1 Å². The van der Waals surface area contributed by atoms with Crippen LogP contribution in [0.4, 0.5) is 9.57 Å². The molecule has 0 fully saturated rings. The van der Waals surface area contributed by atoms with Gasteiger partial charge in [0.05, 0.1) is 16.9 Å². The Kier molecular flexibility index (Phi) is 3.80. The highest BCUT2D eigenvalue weighted by Gasteiger charge is 2.19. The molecule has 10 heteroatoms. The van der Waals surface area contributed by atoms with Gasteiger partial charge in [0.15, 0.2) is 4.21 Å². The van der Waals surface area contributed by atoms with Crippen molar-refractivity contribution in [1.29, 1.82) is 0 Å². The molecule has 20 heavy (non-hydrogen) atoms. The SMILES string of the molecule is Cc1ncc(S(=O)(=O)Nc2cccc(S(=O)(=O)F)c2)s1. The maximum Gasteiger partial charge on any atom is 0.332 e. The first-order valence-electron chi connectivity index (χ1n) is 5.18. The van der Waals surface area contributed by atoms with Crippen LogP contribution in [0, 0.1) is 6.92 Å². The number of hydrogen-bond acceptors (Lipinski definition) is 6. The van der Waals surface area contributed by atoms with Crippen LogP contribution in [0.3, 0.4) is 0 Å². The van der Waals surface area contributed by atoms with Gasteiger partial charge in [0.2, 0.25) is 0 Å². The van der Waals surface area contributed by atoms with E-state index >= 15 is 0 Å². The fraction of sp³-hybridized carbons (Fsp3) is 0.100. The molecule has 0 bridgehead atoms. The van der Waals surface area contributed by atoms with Crippen LogP contribution in [-0.2, 0) is 20.2 Å². The van der Waals surface area contributed by atoms with Gasteiger partial charge in [0.1, 0.15) is 4.90 Å². The maximum absolute atomic E-state index is 12.8. The van der Waals surface area contributed by atoms with Crippen LogP contribution in [0.1, 0.15) is 5.01 Å². The van der Waals surface area contributed by atoms with Gasteiger partial charge in [0.25, 0.3) is 10.0 Å². The molecule has 0 aliphatic heterocycles. The fourth-order valence-electron chi connectivity index (χ4n) is 1.38. The second-order valence-corrected chi connectivity index (χ2v) is 8.26. The molecule has 0 unspecified atom stereocenters. The molecule has 1 aromatic heterocycles. The van der Waals surface area contributed by atoms with Crippen molar-refractivity contribution in [2.24, 2.45) is 0 Å². The summed E-state index contributed by atoms with van der Waals surface area (Å²) >= 11 is 0.970. The smallest absolute Gasteiger partial charge is 0.279 e. The van der Waals surface area contributed by atoms with Gasteiger partial charge in [-0.3, -0.25) is 4.72 Å². The van der Waals surface area contributed by atoms with Gasteiger partial charge >= 0.3 is 10.2 Å². The van der Waals surface area contributed by atoms with E-state index in [1.807, 2.05) is 0 Å². The summed E-state index contributed by atoms with van der Waals surface area (Å²) in [4.78, 5) is 3.21. The maximum atomic E-state index is 12.8. The molecule has 1 N–H and O–H groups in total. The highest BCUT2D eigenvalue weighted by Crippen LogP contribution is 2.23. The summed E-state index contributed by atoms with van der Waals surface area (Å²) in [5.74, 6) is 0. The average molecular weight is 336 g/mol. The van der Waals surface area contributed by atoms with Crippen molar-refractivity contribution in [3.63, 3.8) is 0 Å². The van der Waals surface area contributed by atoms with Gasteiger partial charge in [-0.15, -0.1) is 15.2 Å². The molecule has 0 amide bonds. The molecule has 108 valence electrons. The predicted molar refractivity (Wildman–Crippen MR) is 72.4 cm³/mol. The van der Waals surface area contributed by atoms with Gasteiger partial charge in [-0.2, -0.15) is 8.42 Å². The summed E-state index contributed by atoms with van der Waals surface area (Å²) in [5.41, 5.74) is -0.0465. The van der Waals surface area contributed by atoms with Gasteiger partial charge in [-0.05, 0) is 25.1 Å². The zero-order valence-electron chi connectivity index (χ0n) is 10.1. The Morgan fingerprint density at radius 3 is 2.50 bits per heavy atom. The quantitative estimate of drug-likeness (QED) is 0.861. The number of halogens is 1. The summed E-state index contributed by atoms with van der Waals surface area (Å²) in [6, 6.07) is 4.49. The third-order valence-corrected chi connectivity index (χ3v) is 5.80. The molecule has 6 nitrogen and oxygen atoms in total. The molecule has 2 aromatic rings. The van der Waals surface area contributed by atoms with E-state index in [2.05, 4.69) is 9.71 Å². The lowest BCUT2D eigenvalue weighted by Gasteiger charge is -2.06. The number of thiazole rings is 1. The highest BCUT2D eigenvalue weighted by molar-refractivity contribution is 7.94. The Morgan fingerprint density at radius 2 is 1.95 bits per heavy atom. The minimum absolute atomic E-state index is 0.0106. The topological polar surface area (TPSA) is 93.2 Å². The number of hydrogen-bond donors (Lipinski definition) is 1. The molecule has 1 heterocycles. The largest absolute Gasteiger partial charge is 0.332 e. The lowest BCUT2D eigenvalue weighted by Crippen LogP contribution is -2.11. The van der Waals surface area contributed by atoms with Crippen LogP contribution in [0.2, 0.25) is 0 Å². The average Bonchev–Trinajstić information content (AvgIpc) is 2.75. The molecular formula is C10H9FN2O4S3. The Bertz CT molecular complexity index is 843. The number of nitrogens with zero attached hydrogens (tertiary/aromatic N) is 1. The van der Waals surface area contributed by atoms with Crippen LogP contribution in [0.25, 0.3) is 0 Å². The molecule has 0 radical (unpaired) electrons. The lowest BCUT2D eigenvalue weighted by atomic mass is 10.3. The van der Waals surface area contributed by atoms with E-state index in [1.165, 1.54) is 18.3 Å². The molecule has 2 rings (SSSR count). The number of benzene rings is 1. The molecular weight excluding hydrogens is 327 g/mol. The summed E-state index contributed by atoms with van der Waals surface area (Å²) in [5, 5.41) is 0.575. The van der Waals surface area contributed by atoms with Gasteiger partial charge in [-0.25, -0.2) is 13.4 Å². The van der Waals surface area contributed by atoms with Gasteiger partial charge in [0, 0.05) is 0 Å². The zero-order chi connectivity index (χ0) is 15.0. The monoisotopic (exact) mass is 336 g/mol. The van der Waals surface area contributed by atoms with E-state index in [-0.39, 0.29) is 9.90 Å². The van der Waals surface area contributed by atoms with Crippen molar-refractivity contribution >= 4 is 37.3 Å².